The van der Waals surface area contributed by atoms with Crippen molar-refractivity contribution in [1.82, 2.24) is 10.6 Å². The topological polar surface area (TPSA) is 103 Å². The van der Waals surface area contributed by atoms with Crippen molar-refractivity contribution in [2.24, 2.45) is 5.92 Å². The SMILES string of the molecule is COc1ccc(C(=O)OCC(=O)NC(=O)N[C@@H]2CCCC[C@@H]2C)cc1OC. The fourth-order valence-corrected chi connectivity index (χ4v) is 3.08. The quantitative estimate of drug-likeness (QED) is 0.736. The van der Waals surface area contributed by atoms with Crippen LogP contribution in [0.5, 0.6) is 11.5 Å². The molecule has 2 N–H and O–H groups in total. The molecular weight excluding hydrogens is 352 g/mol. The second kappa shape index (κ2) is 9.80. The molecule has 1 aromatic carbocycles. The van der Waals surface area contributed by atoms with Gasteiger partial charge in [-0.25, -0.2) is 9.59 Å². The highest BCUT2D eigenvalue weighted by Crippen LogP contribution is 2.27. The van der Waals surface area contributed by atoms with Crippen molar-refractivity contribution in [2.45, 2.75) is 38.6 Å². The van der Waals surface area contributed by atoms with E-state index in [2.05, 4.69) is 17.6 Å². The summed E-state index contributed by atoms with van der Waals surface area (Å²) in [4.78, 5) is 35.8. The Bertz CT molecular complexity index is 691. The first kappa shape index (κ1) is 20.5. The lowest BCUT2D eigenvalue weighted by atomic mass is 9.86. The number of benzene rings is 1. The van der Waals surface area contributed by atoms with Crippen LogP contribution in [-0.4, -0.2) is 44.8 Å². The molecule has 1 fully saturated rings. The molecular formula is C19H26N2O6. The van der Waals surface area contributed by atoms with Gasteiger partial charge in [0.1, 0.15) is 0 Å². The lowest BCUT2D eigenvalue weighted by molar-refractivity contribution is -0.123. The highest BCUT2D eigenvalue weighted by atomic mass is 16.5. The predicted octanol–water partition coefficient (Wildman–Crippen LogP) is 2.27. The van der Waals surface area contributed by atoms with Crippen LogP contribution in [0.1, 0.15) is 43.0 Å². The molecule has 0 heterocycles. The molecule has 0 radical (unpaired) electrons. The van der Waals surface area contributed by atoms with Gasteiger partial charge in [-0.1, -0.05) is 19.8 Å². The first-order valence-corrected chi connectivity index (χ1v) is 8.94. The Morgan fingerprint density at radius 2 is 1.78 bits per heavy atom. The van der Waals surface area contributed by atoms with Gasteiger partial charge >= 0.3 is 12.0 Å². The smallest absolute Gasteiger partial charge is 0.338 e. The van der Waals surface area contributed by atoms with E-state index in [1.54, 1.807) is 6.07 Å². The van der Waals surface area contributed by atoms with Crippen LogP contribution < -0.4 is 20.1 Å². The number of carbonyl (C=O) groups is 3. The molecule has 0 aromatic heterocycles. The first-order valence-electron chi connectivity index (χ1n) is 8.94. The van der Waals surface area contributed by atoms with Gasteiger partial charge in [-0.15, -0.1) is 0 Å². The van der Waals surface area contributed by atoms with E-state index in [9.17, 15) is 14.4 Å². The van der Waals surface area contributed by atoms with Crippen molar-refractivity contribution < 1.29 is 28.6 Å². The standard InChI is InChI=1S/C19H26N2O6/c1-12-6-4-5-7-14(12)20-19(24)21-17(22)11-27-18(23)13-8-9-15(25-2)16(10-13)26-3/h8-10,12,14H,4-7,11H2,1-3H3,(H2,20,21,22,24)/t12-,14+/m0/s1. The zero-order chi connectivity index (χ0) is 19.8. The maximum Gasteiger partial charge on any atom is 0.338 e. The summed E-state index contributed by atoms with van der Waals surface area (Å²) in [5.41, 5.74) is 0.209. The van der Waals surface area contributed by atoms with E-state index in [1.807, 2.05) is 0 Å². The van der Waals surface area contributed by atoms with E-state index in [0.717, 1.165) is 25.7 Å². The van der Waals surface area contributed by atoms with Crippen LogP contribution in [0.25, 0.3) is 0 Å². The predicted molar refractivity (Wildman–Crippen MR) is 97.9 cm³/mol. The minimum atomic E-state index is -0.701. The van der Waals surface area contributed by atoms with E-state index in [4.69, 9.17) is 14.2 Å². The van der Waals surface area contributed by atoms with E-state index in [0.29, 0.717) is 17.4 Å². The van der Waals surface area contributed by atoms with Crippen LogP contribution in [0, 0.1) is 5.92 Å². The van der Waals surface area contributed by atoms with Crippen LogP contribution in [0.4, 0.5) is 4.79 Å². The summed E-state index contributed by atoms with van der Waals surface area (Å²) < 4.78 is 15.2. The van der Waals surface area contributed by atoms with Gasteiger partial charge < -0.3 is 19.5 Å². The van der Waals surface area contributed by atoms with Crippen LogP contribution >= 0.6 is 0 Å². The number of rotatable bonds is 6. The van der Waals surface area contributed by atoms with Gasteiger partial charge in [-0.3, -0.25) is 10.1 Å². The zero-order valence-electron chi connectivity index (χ0n) is 15.9. The number of hydrogen-bond donors (Lipinski definition) is 2. The molecule has 0 spiro atoms. The molecule has 1 saturated carbocycles. The Morgan fingerprint density at radius 3 is 2.44 bits per heavy atom. The molecule has 1 aliphatic rings. The van der Waals surface area contributed by atoms with Crippen molar-refractivity contribution in [3.05, 3.63) is 23.8 Å². The molecule has 0 saturated heterocycles. The number of carbonyl (C=O) groups excluding carboxylic acids is 3. The number of methoxy groups -OCH3 is 2. The van der Waals surface area contributed by atoms with E-state index in [-0.39, 0.29) is 11.6 Å². The molecule has 27 heavy (non-hydrogen) atoms. The zero-order valence-corrected chi connectivity index (χ0v) is 15.9. The van der Waals surface area contributed by atoms with Gasteiger partial charge in [0.25, 0.3) is 5.91 Å². The number of urea groups is 1. The number of ether oxygens (including phenoxy) is 3. The number of esters is 1. The summed E-state index contributed by atoms with van der Waals surface area (Å²) in [7, 11) is 2.94. The third-order valence-electron chi connectivity index (χ3n) is 4.63. The molecule has 3 amide bonds. The van der Waals surface area contributed by atoms with Crippen LogP contribution in [0.15, 0.2) is 18.2 Å². The number of hydrogen-bond acceptors (Lipinski definition) is 6. The first-order chi connectivity index (χ1) is 12.9. The Morgan fingerprint density at radius 1 is 1.07 bits per heavy atom. The van der Waals surface area contributed by atoms with Crippen LogP contribution in [-0.2, 0) is 9.53 Å². The number of nitrogens with one attached hydrogen (secondary N) is 2. The highest BCUT2D eigenvalue weighted by molar-refractivity contribution is 5.97. The molecule has 2 atom stereocenters. The molecule has 1 aromatic rings. The van der Waals surface area contributed by atoms with Gasteiger partial charge in [-0.2, -0.15) is 0 Å². The summed E-state index contributed by atoms with van der Waals surface area (Å²) >= 11 is 0. The lowest BCUT2D eigenvalue weighted by Gasteiger charge is -2.29. The summed E-state index contributed by atoms with van der Waals surface area (Å²) in [6, 6.07) is 4.00. The Hall–Kier alpha value is -2.77. The van der Waals surface area contributed by atoms with Crippen molar-refractivity contribution in [3.8, 4) is 11.5 Å². The Kier molecular flexibility index (Phi) is 7.45. The molecule has 8 heteroatoms. The second-order valence-corrected chi connectivity index (χ2v) is 6.54. The van der Waals surface area contributed by atoms with E-state index < -0.39 is 24.5 Å². The summed E-state index contributed by atoms with van der Waals surface area (Å²) in [6.45, 7) is 1.53. The number of imide groups is 1. The van der Waals surface area contributed by atoms with E-state index >= 15 is 0 Å². The lowest BCUT2D eigenvalue weighted by Crippen LogP contribution is -2.48. The van der Waals surface area contributed by atoms with Crippen LogP contribution in [0.2, 0.25) is 0 Å². The van der Waals surface area contributed by atoms with Crippen LogP contribution in [0.3, 0.4) is 0 Å². The monoisotopic (exact) mass is 378 g/mol. The minimum Gasteiger partial charge on any atom is -0.493 e. The maximum atomic E-state index is 12.1. The summed E-state index contributed by atoms with van der Waals surface area (Å²) in [5, 5.41) is 4.99. The van der Waals surface area contributed by atoms with Crippen molar-refractivity contribution >= 4 is 17.9 Å². The largest absolute Gasteiger partial charge is 0.493 e. The highest BCUT2D eigenvalue weighted by Gasteiger charge is 2.23. The third kappa shape index (κ3) is 5.87. The van der Waals surface area contributed by atoms with Gasteiger partial charge in [-0.05, 0) is 37.0 Å². The fourth-order valence-electron chi connectivity index (χ4n) is 3.08. The summed E-state index contributed by atoms with van der Waals surface area (Å²) in [5.74, 6) is -0.169. The molecule has 148 valence electrons. The fraction of sp³-hybridized carbons (Fsp3) is 0.526. The molecule has 0 bridgehead atoms. The van der Waals surface area contributed by atoms with Gasteiger partial charge in [0, 0.05) is 6.04 Å². The molecule has 1 aliphatic carbocycles. The van der Waals surface area contributed by atoms with Crippen molar-refractivity contribution in [1.29, 1.82) is 0 Å². The average molecular weight is 378 g/mol. The molecule has 0 aliphatic heterocycles. The van der Waals surface area contributed by atoms with E-state index in [1.165, 1.54) is 26.4 Å². The minimum absolute atomic E-state index is 0.0564. The third-order valence-corrected chi connectivity index (χ3v) is 4.63. The maximum absolute atomic E-state index is 12.1. The Balaban J connectivity index is 1.80. The van der Waals surface area contributed by atoms with Gasteiger partial charge in [0.2, 0.25) is 0 Å². The van der Waals surface area contributed by atoms with Crippen molar-refractivity contribution in [2.75, 3.05) is 20.8 Å². The Labute approximate surface area is 158 Å². The molecule has 8 nitrogen and oxygen atoms in total. The average Bonchev–Trinajstić information content (AvgIpc) is 2.67. The summed E-state index contributed by atoms with van der Waals surface area (Å²) in [6.07, 6.45) is 4.18. The van der Waals surface area contributed by atoms with Gasteiger partial charge in [0.05, 0.1) is 19.8 Å². The normalized spacial score (nSPS) is 18.9. The number of amides is 3. The molecule has 0 unspecified atom stereocenters. The second-order valence-electron chi connectivity index (χ2n) is 6.54. The van der Waals surface area contributed by atoms with Gasteiger partial charge in [0.15, 0.2) is 18.1 Å². The van der Waals surface area contributed by atoms with Crippen molar-refractivity contribution in [3.63, 3.8) is 0 Å². The molecule has 2 rings (SSSR count).